The van der Waals surface area contributed by atoms with Gasteiger partial charge in [0.05, 0.1) is 25.0 Å². The van der Waals surface area contributed by atoms with Crippen LogP contribution in [0.25, 0.3) is 0 Å². The third-order valence-corrected chi connectivity index (χ3v) is 4.98. The van der Waals surface area contributed by atoms with E-state index >= 15 is 0 Å². The van der Waals surface area contributed by atoms with Crippen LogP contribution in [0.5, 0.6) is 5.75 Å². The van der Waals surface area contributed by atoms with E-state index in [-0.39, 0.29) is 12.6 Å². The van der Waals surface area contributed by atoms with Crippen molar-refractivity contribution in [1.29, 1.82) is 4.78 Å². The van der Waals surface area contributed by atoms with E-state index in [1.54, 1.807) is 30.5 Å². The summed E-state index contributed by atoms with van der Waals surface area (Å²) < 4.78 is 23.9. The van der Waals surface area contributed by atoms with Gasteiger partial charge < -0.3 is 29.5 Å². The molecule has 0 saturated heterocycles. The molecule has 3 rings (SSSR count). The van der Waals surface area contributed by atoms with Crippen molar-refractivity contribution in [2.24, 2.45) is 0 Å². The second-order valence-corrected chi connectivity index (χ2v) is 7.82. The van der Waals surface area contributed by atoms with Crippen LogP contribution in [0.15, 0.2) is 59.6 Å². The second-order valence-electron chi connectivity index (χ2n) is 6.81. The molecule has 0 radical (unpaired) electrons. The van der Waals surface area contributed by atoms with Crippen molar-refractivity contribution < 1.29 is 14.1 Å². The van der Waals surface area contributed by atoms with Crippen LogP contribution < -0.4 is 15.4 Å². The highest BCUT2D eigenvalue weighted by Gasteiger charge is 2.09. The highest BCUT2D eigenvalue weighted by atomic mass is 32.2. The SMILES string of the molecule is CCOc1ccc(C#Cc2cnc(Nc3ccc([S-](=N)=O)cc3)nc2N[C@H](C)CO)cc1. The molecular weight excluding hydrogens is 426 g/mol. The Hall–Kier alpha value is -3.61. The Bertz CT molecular complexity index is 1170. The van der Waals surface area contributed by atoms with E-state index in [0.29, 0.717) is 34.5 Å². The van der Waals surface area contributed by atoms with Crippen LogP contribution in [0, 0.1) is 16.6 Å². The third-order valence-electron chi connectivity index (χ3n) is 4.28. The summed E-state index contributed by atoms with van der Waals surface area (Å²) >= 11 is 0. The molecular formula is C23H24N5O3S-. The number of rotatable bonds is 8. The van der Waals surface area contributed by atoms with Gasteiger partial charge in [-0.05, 0) is 50.2 Å². The highest BCUT2D eigenvalue weighted by molar-refractivity contribution is 7.73. The molecule has 0 spiro atoms. The summed E-state index contributed by atoms with van der Waals surface area (Å²) in [6.45, 7) is 4.31. The molecule has 0 unspecified atom stereocenters. The van der Waals surface area contributed by atoms with Gasteiger partial charge in [-0.3, -0.25) is 0 Å². The van der Waals surface area contributed by atoms with E-state index in [2.05, 4.69) is 32.4 Å². The van der Waals surface area contributed by atoms with E-state index in [1.165, 1.54) is 0 Å². The average molecular weight is 451 g/mol. The molecule has 1 atom stereocenters. The molecule has 0 bridgehead atoms. The summed E-state index contributed by atoms with van der Waals surface area (Å²) in [6, 6.07) is 13.9. The fraction of sp³-hybridized carbons (Fsp3) is 0.217. The lowest BCUT2D eigenvalue weighted by atomic mass is 10.2. The molecule has 0 fully saturated rings. The zero-order chi connectivity index (χ0) is 22.9. The topological polar surface area (TPSA) is 120 Å². The number of anilines is 3. The Morgan fingerprint density at radius 1 is 1.16 bits per heavy atom. The molecule has 0 saturated carbocycles. The fourth-order valence-corrected chi connectivity index (χ4v) is 3.04. The molecule has 4 N–H and O–H groups in total. The number of hydrogen-bond donors (Lipinski definition) is 4. The molecule has 0 aliphatic heterocycles. The summed E-state index contributed by atoms with van der Waals surface area (Å²) in [6.07, 6.45) is 1.61. The van der Waals surface area contributed by atoms with Crippen LogP contribution in [-0.4, -0.2) is 34.3 Å². The number of hydrogen-bond acceptors (Lipinski definition) is 9. The smallest absolute Gasteiger partial charge is 0.229 e. The number of aliphatic hydroxyl groups excluding tert-OH is 1. The van der Waals surface area contributed by atoms with Crippen LogP contribution in [0.2, 0.25) is 0 Å². The summed E-state index contributed by atoms with van der Waals surface area (Å²) in [7, 11) is -1.78. The van der Waals surface area contributed by atoms with Crippen molar-refractivity contribution in [3.05, 3.63) is 65.9 Å². The molecule has 9 heteroatoms. The van der Waals surface area contributed by atoms with Gasteiger partial charge >= 0.3 is 0 Å². The molecule has 166 valence electrons. The monoisotopic (exact) mass is 450 g/mol. The van der Waals surface area contributed by atoms with Crippen molar-refractivity contribution >= 4 is 28.0 Å². The standard InChI is InChI=1S/C23H24N5O3S/c1-3-31-20-10-5-17(6-11-20)4-7-18-14-25-23(28-22(18)26-16(2)15-29)27-19-8-12-21(13-9-19)32(24)30/h5-6,8-14,16,24,29H,3,15H2,1-2H3,(H2,25,26,27,28)/q-1/t16-/m1/s1. The summed E-state index contributed by atoms with van der Waals surface area (Å²) in [5.41, 5.74) is 2.10. The number of ether oxygens (including phenoxy) is 1. The lowest BCUT2D eigenvalue weighted by Crippen LogP contribution is -2.21. The van der Waals surface area contributed by atoms with Gasteiger partial charge in [-0.15, -0.1) is 0 Å². The van der Waals surface area contributed by atoms with Gasteiger partial charge in [0, 0.05) is 17.3 Å². The van der Waals surface area contributed by atoms with Crippen LogP contribution in [0.1, 0.15) is 25.0 Å². The lowest BCUT2D eigenvalue weighted by Gasteiger charge is -2.14. The van der Waals surface area contributed by atoms with Gasteiger partial charge in [0.15, 0.2) is 0 Å². The van der Waals surface area contributed by atoms with Gasteiger partial charge in [0.1, 0.15) is 11.6 Å². The van der Waals surface area contributed by atoms with Crippen molar-refractivity contribution in [3.63, 3.8) is 0 Å². The van der Waals surface area contributed by atoms with Crippen molar-refractivity contribution in [3.8, 4) is 17.6 Å². The minimum atomic E-state index is -1.78. The number of aliphatic hydroxyl groups is 1. The maximum atomic E-state index is 11.2. The predicted octanol–water partition coefficient (Wildman–Crippen LogP) is 3.90. The quantitative estimate of drug-likeness (QED) is 0.303. The Morgan fingerprint density at radius 3 is 2.50 bits per heavy atom. The Labute approximate surface area is 189 Å². The molecule has 0 aliphatic carbocycles. The van der Waals surface area contributed by atoms with Crippen LogP contribution >= 0.6 is 0 Å². The largest absolute Gasteiger partial charge is 0.494 e. The van der Waals surface area contributed by atoms with Crippen LogP contribution in [-0.2, 0) is 14.8 Å². The number of nitrogens with zero attached hydrogens (tertiary/aromatic N) is 2. The Kier molecular flexibility index (Phi) is 8.02. The van der Waals surface area contributed by atoms with Crippen molar-refractivity contribution in [2.45, 2.75) is 24.8 Å². The van der Waals surface area contributed by atoms with E-state index in [1.807, 2.05) is 38.1 Å². The van der Waals surface area contributed by atoms with Crippen LogP contribution in [0.4, 0.5) is 17.5 Å². The molecule has 0 amide bonds. The van der Waals surface area contributed by atoms with Gasteiger partial charge in [-0.2, -0.15) is 15.6 Å². The molecule has 8 nitrogen and oxygen atoms in total. The van der Waals surface area contributed by atoms with Gasteiger partial charge in [-0.25, -0.2) is 4.98 Å². The van der Waals surface area contributed by atoms with E-state index < -0.39 is 10.6 Å². The molecule has 2 aromatic carbocycles. The first kappa shape index (κ1) is 23.1. The zero-order valence-electron chi connectivity index (χ0n) is 17.8. The molecule has 1 aromatic heterocycles. The molecule has 1 heterocycles. The maximum Gasteiger partial charge on any atom is 0.229 e. The van der Waals surface area contributed by atoms with Gasteiger partial charge in [0.2, 0.25) is 5.95 Å². The van der Waals surface area contributed by atoms with Gasteiger partial charge in [0.25, 0.3) is 0 Å². The molecule has 32 heavy (non-hydrogen) atoms. The lowest BCUT2D eigenvalue weighted by molar-refractivity contribution is 0.281. The average Bonchev–Trinajstić information content (AvgIpc) is 2.80. The Morgan fingerprint density at radius 2 is 1.88 bits per heavy atom. The van der Waals surface area contributed by atoms with E-state index in [0.717, 1.165) is 11.3 Å². The molecule has 3 aromatic rings. The summed E-state index contributed by atoms with van der Waals surface area (Å²) in [5.74, 6) is 7.79. The minimum Gasteiger partial charge on any atom is -0.494 e. The fourth-order valence-electron chi connectivity index (χ4n) is 2.65. The minimum absolute atomic E-state index is 0.0652. The zero-order valence-corrected chi connectivity index (χ0v) is 18.6. The van der Waals surface area contributed by atoms with Crippen LogP contribution in [0.3, 0.4) is 0 Å². The highest BCUT2D eigenvalue weighted by Crippen LogP contribution is 2.19. The number of aromatic nitrogens is 2. The summed E-state index contributed by atoms with van der Waals surface area (Å²) in [4.78, 5) is 9.24. The first-order chi connectivity index (χ1) is 15.5. The van der Waals surface area contributed by atoms with E-state index in [9.17, 15) is 9.32 Å². The first-order valence-corrected chi connectivity index (χ1v) is 11.1. The Balaban J connectivity index is 1.84. The van der Waals surface area contributed by atoms with E-state index in [4.69, 9.17) is 9.52 Å². The first-order valence-electron chi connectivity index (χ1n) is 9.98. The number of benzene rings is 2. The predicted molar refractivity (Wildman–Crippen MR) is 125 cm³/mol. The van der Waals surface area contributed by atoms with Crippen molar-refractivity contribution in [2.75, 3.05) is 23.8 Å². The normalized spacial score (nSPS) is 11.4. The maximum absolute atomic E-state index is 11.2. The third kappa shape index (κ3) is 6.44. The number of nitrogens with one attached hydrogen (secondary N) is 3. The van der Waals surface area contributed by atoms with Crippen molar-refractivity contribution in [1.82, 2.24) is 9.97 Å². The molecule has 0 aliphatic rings. The van der Waals surface area contributed by atoms with Gasteiger partial charge in [-0.1, -0.05) is 28.9 Å². The second kappa shape index (κ2) is 11.1. The summed E-state index contributed by atoms with van der Waals surface area (Å²) in [5, 5.41) is 15.6.